The molecule has 5 aromatic rings. The SMILES string of the molecule is C=c1[nH]c(=O)s/c1=C(/C)c1cccc(OCCOc2c(-c3ccc(OC)cc3)oc3ccc(F)cc3c2=O)c1. The predicted molar refractivity (Wildman–Crippen MR) is 150 cm³/mol. The van der Waals surface area contributed by atoms with Crippen molar-refractivity contribution in [2.75, 3.05) is 20.3 Å². The number of rotatable bonds is 8. The molecule has 0 aliphatic rings. The first-order valence-electron chi connectivity index (χ1n) is 12.0. The summed E-state index contributed by atoms with van der Waals surface area (Å²) in [4.78, 5) is 27.5. The molecule has 0 aliphatic heterocycles. The Balaban J connectivity index is 1.39. The largest absolute Gasteiger partial charge is 0.497 e. The summed E-state index contributed by atoms with van der Waals surface area (Å²) < 4.78 is 37.7. The average molecular weight is 546 g/mol. The van der Waals surface area contributed by atoms with Crippen molar-refractivity contribution in [1.82, 2.24) is 4.98 Å². The van der Waals surface area contributed by atoms with Gasteiger partial charge in [-0.05, 0) is 72.7 Å². The average Bonchev–Trinajstić information content (AvgIpc) is 3.29. The number of fused-ring (bicyclic) bond motifs is 1. The van der Waals surface area contributed by atoms with Crippen molar-refractivity contribution in [3.05, 3.63) is 108 Å². The number of nitrogens with one attached hydrogen (secondary N) is 1. The Hall–Kier alpha value is -4.63. The first-order chi connectivity index (χ1) is 18.8. The van der Waals surface area contributed by atoms with Crippen LogP contribution in [0.5, 0.6) is 17.2 Å². The second-order valence-electron chi connectivity index (χ2n) is 8.63. The zero-order valence-electron chi connectivity index (χ0n) is 21.2. The van der Waals surface area contributed by atoms with E-state index in [1.807, 2.05) is 25.1 Å². The topological polar surface area (TPSA) is 90.8 Å². The van der Waals surface area contributed by atoms with Crippen LogP contribution in [0.15, 0.2) is 80.7 Å². The van der Waals surface area contributed by atoms with E-state index in [4.69, 9.17) is 18.6 Å². The van der Waals surface area contributed by atoms with Crippen LogP contribution in [0.2, 0.25) is 0 Å². The molecule has 0 radical (unpaired) electrons. The standard InChI is InChI=1S/C30H24FNO6S/c1-17(29-18(2)32-30(34)39-29)20-5-4-6-23(15-20)36-13-14-37-28-26(33)24-16-21(31)9-12-25(24)38-27(28)19-7-10-22(35-3)11-8-19/h4-12,15-16H,2,13-14H2,1,3H3,(H,32,34)/b29-17-. The number of H-pyrrole nitrogens is 1. The van der Waals surface area contributed by atoms with E-state index in [1.54, 1.807) is 37.4 Å². The molecular formula is C30H24FNO6S. The summed E-state index contributed by atoms with van der Waals surface area (Å²) in [5, 5.41) is 0.655. The van der Waals surface area contributed by atoms with E-state index in [2.05, 4.69) is 11.6 Å². The number of halogens is 1. The second-order valence-corrected chi connectivity index (χ2v) is 9.61. The first-order valence-corrected chi connectivity index (χ1v) is 12.8. The number of thiazole rings is 1. The lowest BCUT2D eigenvalue weighted by Gasteiger charge is -2.13. The van der Waals surface area contributed by atoms with Gasteiger partial charge < -0.3 is 23.6 Å². The van der Waals surface area contributed by atoms with Gasteiger partial charge in [-0.25, -0.2) is 4.39 Å². The number of methoxy groups -OCH3 is 1. The van der Waals surface area contributed by atoms with Crippen molar-refractivity contribution in [3.8, 4) is 28.6 Å². The maximum Gasteiger partial charge on any atom is 0.305 e. The molecule has 0 saturated heterocycles. The molecule has 3 aromatic carbocycles. The summed E-state index contributed by atoms with van der Waals surface area (Å²) in [6.07, 6.45) is 0. The molecule has 7 nitrogen and oxygen atoms in total. The van der Waals surface area contributed by atoms with E-state index < -0.39 is 11.2 Å². The molecule has 39 heavy (non-hydrogen) atoms. The third-order valence-electron chi connectivity index (χ3n) is 6.09. The van der Waals surface area contributed by atoms with Crippen LogP contribution >= 0.6 is 11.3 Å². The summed E-state index contributed by atoms with van der Waals surface area (Å²) in [7, 11) is 1.56. The Morgan fingerprint density at radius 3 is 2.49 bits per heavy atom. The highest BCUT2D eigenvalue weighted by atomic mass is 32.1. The Kier molecular flexibility index (Phi) is 7.33. The van der Waals surface area contributed by atoms with Gasteiger partial charge in [0.1, 0.15) is 36.1 Å². The Labute approximate surface area is 226 Å². The lowest BCUT2D eigenvalue weighted by atomic mass is 10.1. The van der Waals surface area contributed by atoms with Gasteiger partial charge in [0, 0.05) is 5.56 Å². The molecule has 0 fully saturated rings. The van der Waals surface area contributed by atoms with Crippen LogP contribution in [0.25, 0.3) is 34.4 Å². The summed E-state index contributed by atoms with van der Waals surface area (Å²) in [6.45, 7) is 5.97. The van der Waals surface area contributed by atoms with Gasteiger partial charge in [-0.1, -0.05) is 30.0 Å². The molecule has 2 aromatic heterocycles. The van der Waals surface area contributed by atoms with Crippen LogP contribution < -0.4 is 34.4 Å². The lowest BCUT2D eigenvalue weighted by Crippen LogP contribution is -2.21. The van der Waals surface area contributed by atoms with Crippen molar-refractivity contribution in [2.45, 2.75) is 6.92 Å². The van der Waals surface area contributed by atoms with E-state index in [9.17, 15) is 14.0 Å². The van der Waals surface area contributed by atoms with E-state index in [0.29, 0.717) is 22.4 Å². The normalized spacial score (nSPS) is 11.9. The highest BCUT2D eigenvalue weighted by Gasteiger charge is 2.18. The highest BCUT2D eigenvalue weighted by molar-refractivity contribution is 7.07. The van der Waals surface area contributed by atoms with E-state index in [1.165, 1.54) is 12.1 Å². The Morgan fingerprint density at radius 2 is 1.77 bits per heavy atom. The molecule has 0 unspecified atom stereocenters. The van der Waals surface area contributed by atoms with Crippen LogP contribution in [0.1, 0.15) is 12.5 Å². The van der Waals surface area contributed by atoms with Crippen molar-refractivity contribution in [3.63, 3.8) is 0 Å². The molecule has 0 aliphatic carbocycles. The van der Waals surface area contributed by atoms with E-state index in [0.717, 1.165) is 33.1 Å². The zero-order valence-corrected chi connectivity index (χ0v) is 22.0. The fourth-order valence-corrected chi connectivity index (χ4v) is 4.93. The number of ether oxygens (including phenoxy) is 3. The van der Waals surface area contributed by atoms with Gasteiger partial charge >= 0.3 is 4.87 Å². The molecule has 1 N–H and O–H groups in total. The lowest BCUT2D eigenvalue weighted by molar-refractivity contribution is 0.214. The van der Waals surface area contributed by atoms with Crippen LogP contribution in [-0.4, -0.2) is 25.3 Å². The molecule has 0 amide bonds. The minimum atomic E-state index is -0.550. The third-order valence-corrected chi connectivity index (χ3v) is 7.13. The molecule has 5 rings (SSSR count). The van der Waals surface area contributed by atoms with Gasteiger partial charge in [0.15, 0.2) is 5.76 Å². The van der Waals surface area contributed by atoms with Crippen LogP contribution in [0.4, 0.5) is 4.39 Å². The first kappa shape index (κ1) is 26.0. The molecule has 9 heteroatoms. The Morgan fingerprint density at radius 1 is 1.00 bits per heavy atom. The summed E-state index contributed by atoms with van der Waals surface area (Å²) in [5.74, 6) is 0.873. The maximum atomic E-state index is 13.9. The quantitative estimate of drug-likeness (QED) is 0.290. The van der Waals surface area contributed by atoms with Crippen LogP contribution in [0, 0.1) is 5.82 Å². The monoisotopic (exact) mass is 545 g/mol. The number of hydrogen-bond donors (Lipinski definition) is 1. The molecule has 0 spiro atoms. The minimum Gasteiger partial charge on any atom is -0.497 e. The van der Waals surface area contributed by atoms with Crippen molar-refractivity contribution >= 4 is 34.5 Å². The Bertz CT molecular complexity index is 1890. The van der Waals surface area contributed by atoms with Gasteiger partial charge in [-0.3, -0.25) is 9.59 Å². The summed E-state index contributed by atoms with van der Waals surface area (Å²) in [6, 6.07) is 18.2. The summed E-state index contributed by atoms with van der Waals surface area (Å²) >= 11 is 1.11. The van der Waals surface area contributed by atoms with Gasteiger partial charge in [-0.15, -0.1) is 0 Å². The number of benzene rings is 3. The second kappa shape index (κ2) is 11.0. The van der Waals surface area contributed by atoms with Gasteiger partial charge in [-0.2, -0.15) is 0 Å². The van der Waals surface area contributed by atoms with Crippen molar-refractivity contribution in [2.24, 2.45) is 0 Å². The maximum absolute atomic E-state index is 13.9. The molecule has 198 valence electrons. The summed E-state index contributed by atoms with van der Waals surface area (Å²) in [5.41, 5.74) is 2.15. The minimum absolute atomic E-state index is 0.0319. The fourth-order valence-electron chi connectivity index (χ4n) is 4.13. The molecule has 0 saturated carbocycles. The van der Waals surface area contributed by atoms with Crippen LogP contribution in [-0.2, 0) is 0 Å². The van der Waals surface area contributed by atoms with Crippen molar-refractivity contribution < 1.29 is 23.0 Å². The smallest absolute Gasteiger partial charge is 0.305 e. The molecule has 2 heterocycles. The van der Waals surface area contributed by atoms with Gasteiger partial charge in [0.25, 0.3) is 0 Å². The highest BCUT2D eigenvalue weighted by Crippen LogP contribution is 2.32. The van der Waals surface area contributed by atoms with E-state index in [-0.39, 0.29) is 40.6 Å². The van der Waals surface area contributed by atoms with Gasteiger partial charge in [0.05, 0.1) is 22.4 Å². The van der Waals surface area contributed by atoms with E-state index >= 15 is 0 Å². The fraction of sp³-hybridized carbons (Fsp3) is 0.133. The zero-order chi connectivity index (χ0) is 27.5. The number of hydrogen-bond acceptors (Lipinski definition) is 7. The third kappa shape index (κ3) is 5.49. The number of aromatic nitrogens is 1. The molecule has 0 bridgehead atoms. The van der Waals surface area contributed by atoms with Crippen molar-refractivity contribution in [1.29, 1.82) is 0 Å². The molecular weight excluding hydrogens is 521 g/mol. The predicted octanol–water partition coefficient (Wildman–Crippen LogP) is 4.44. The number of aromatic amines is 1. The van der Waals surface area contributed by atoms with Crippen LogP contribution in [0.3, 0.4) is 0 Å². The van der Waals surface area contributed by atoms with Gasteiger partial charge in [0.2, 0.25) is 11.2 Å². The molecule has 0 atom stereocenters.